The van der Waals surface area contributed by atoms with Gasteiger partial charge >= 0.3 is 0 Å². The summed E-state index contributed by atoms with van der Waals surface area (Å²) in [6.07, 6.45) is 2.95. The molecule has 162 valence electrons. The van der Waals surface area contributed by atoms with Crippen LogP contribution in [-0.4, -0.2) is 58.9 Å². The van der Waals surface area contributed by atoms with Crippen LogP contribution in [0.4, 0.5) is 5.69 Å². The van der Waals surface area contributed by atoms with E-state index in [1.165, 1.54) is 17.0 Å². The molecule has 0 unspecified atom stereocenters. The summed E-state index contributed by atoms with van der Waals surface area (Å²) in [6, 6.07) is 14.7. The molecule has 1 aliphatic rings. The highest BCUT2D eigenvalue weighted by atomic mass is 32.2. The number of ether oxygens (including phenoxy) is 1. The van der Waals surface area contributed by atoms with E-state index in [0.29, 0.717) is 49.3 Å². The number of hydrogen-bond donors (Lipinski definition) is 2. The Bertz CT molecular complexity index is 1130. The van der Waals surface area contributed by atoms with Crippen molar-refractivity contribution in [2.75, 3.05) is 31.6 Å². The van der Waals surface area contributed by atoms with E-state index in [1.807, 2.05) is 30.3 Å². The van der Waals surface area contributed by atoms with Crippen LogP contribution in [0.2, 0.25) is 0 Å². The van der Waals surface area contributed by atoms with Gasteiger partial charge in [0.25, 0.3) is 0 Å². The zero-order valence-electron chi connectivity index (χ0n) is 16.6. The minimum atomic E-state index is -3.66. The Kier molecular flexibility index (Phi) is 6.56. The second kappa shape index (κ2) is 9.52. The molecule has 0 spiro atoms. The first-order valence-electron chi connectivity index (χ1n) is 9.70. The van der Waals surface area contributed by atoms with Crippen molar-refractivity contribution < 1.29 is 13.2 Å². The SMILES string of the molecule is O=S(=O)(c1ccc(-n2cncn2)c(NC(=S)NCc2ccccc2)c1)N1CCOCC1. The molecule has 2 N–H and O–H groups in total. The van der Waals surface area contributed by atoms with Crippen LogP contribution in [0.25, 0.3) is 5.69 Å². The minimum Gasteiger partial charge on any atom is -0.379 e. The van der Waals surface area contributed by atoms with Crippen molar-refractivity contribution in [3.05, 3.63) is 66.7 Å². The Balaban J connectivity index is 1.59. The second-order valence-electron chi connectivity index (χ2n) is 6.83. The van der Waals surface area contributed by atoms with Gasteiger partial charge in [0.15, 0.2) is 5.11 Å². The summed E-state index contributed by atoms with van der Waals surface area (Å²) in [5, 5.41) is 10.8. The minimum absolute atomic E-state index is 0.173. The standard InChI is InChI=1S/C20H22N6O3S2/c27-31(28,25-8-10-29-11-9-25)17-6-7-19(26-15-21-14-23-26)18(12-17)24-20(30)22-13-16-4-2-1-3-5-16/h1-7,12,14-15H,8-11,13H2,(H2,22,24,30). The largest absolute Gasteiger partial charge is 0.379 e. The Hall–Kier alpha value is -2.86. The van der Waals surface area contributed by atoms with Gasteiger partial charge in [0.05, 0.1) is 29.5 Å². The fourth-order valence-corrected chi connectivity index (χ4v) is 4.81. The van der Waals surface area contributed by atoms with E-state index < -0.39 is 10.0 Å². The van der Waals surface area contributed by atoms with E-state index in [2.05, 4.69) is 20.7 Å². The number of morpholine rings is 1. The van der Waals surface area contributed by atoms with Crippen LogP contribution in [0.1, 0.15) is 5.56 Å². The Morgan fingerprint density at radius 2 is 1.90 bits per heavy atom. The molecule has 4 rings (SSSR count). The quantitative estimate of drug-likeness (QED) is 0.539. The van der Waals surface area contributed by atoms with Crippen LogP contribution in [-0.2, 0) is 21.3 Å². The van der Waals surface area contributed by atoms with E-state index >= 15 is 0 Å². The van der Waals surface area contributed by atoms with Crippen molar-refractivity contribution in [3.63, 3.8) is 0 Å². The molecule has 2 aromatic carbocycles. The van der Waals surface area contributed by atoms with Gasteiger partial charge in [-0.05, 0) is 36.0 Å². The average Bonchev–Trinajstić information content (AvgIpc) is 3.34. The van der Waals surface area contributed by atoms with Crippen LogP contribution >= 0.6 is 12.2 Å². The monoisotopic (exact) mass is 458 g/mol. The number of nitrogens with zero attached hydrogens (tertiary/aromatic N) is 4. The lowest BCUT2D eigenvalue weighted by atomic mass is 10.2. The molecule has 0 amide bonds. The van der Waals surface area contributed by atoms with Gasteiger partial charge in [-0.1, -0.05) is 30.3 Å². The van der Waals surface area contributed by atoms with Crippen LogP contribution in [0.5, 0.6) is 0 Å². The molecule has 0 radical (unpaired) electrons. The maximum Gasteiger partial charge on any atom is 0.243 e. The van der Waals surface area contributed by atoms with Crippen LogP contribution in [0.15, 0.2) is 66.1 Å². The molecule has 1 aromatic heterocycles. The second-order valence-corrected chi connectivity index (χ2v) is 9.17. The van der Waals surface area contributed by atoms with Crippen molar-refractivity contribution in [2.24, 2.45) is 0 Å². The van der Waals surface area contributed by atoms with Crippen molar-refractivity contribution >= 4 is 33.0 Å². The summed E-state index contributed by atoms with van der Waals surface area (Å²) in [5.41, 5.74) is 2.21. The lowest BCUT2D eigenvalue weighted by Gasteiger charge is -2.26. The number of hydrogen-bond acceptors (Lipinski definition) is 6. The third kappa shape index (κ3) is 5.07. The normalized spacial score (nSPS) is 14.8. The van der Waals surface area contributed by atoms with Crippen LogP contribution in [0, 0.1) is 0 Å². The zero-order valence-corrected chi connectivity index (χ0v) is 18.3. The molecule has 0 atom stereocenters. The zero-order chi connectivity index (χ0) is 21.7. The number of aromatic nitrogens is 3. The first-order valence-corrected chi connectivity index (χ1v) is 11.5. The highest BCUT2D eigenvalue weighted by Crippen LogP contribution is 2.26. The summed E-state index contributed by atoms with van der Waals surface area (Å²) in [4.78, 5) is 4.15. The fourth-order valence-electron chi connectivity index (χ4n) is 3.19. The van der Waals surface area contributed by atoms with Crippen LogP contribution < -0.4 is 10.6 Å². The molecule has 0 saturated carbocycles. The molecule has 0 aliphatic carbocycles. The maximum absolute atomic E-state index is 13.1. The fraction of sp³-hybridized carbons (Fsp3) is 0.250. The van der Waals surface area contributed by atoms with Crippen molar-refractivity contribution in [1.82, 2.24) is 24.4 Å². The van der Waals surface area contributed by atoms with Gasteiger partial charge in [0, 0.05) is 19.6 Å². The Morgan fingerprint density at radius 1 is 1.13 bits per heavy atom. The molecular formula is C20H22N6O3S2. The highest BCUT2D eigenvalue weighted by Gasteiger charge is 2.27. The molecule has 2 heterocycles. The van der Waals surface area contributed by atoms with E-state index in [0.717, 1.165) is 5.56 Å². The van der Waals surface area contributed by atoms with E-state index in [1.54, 1.807) is 22.9 Å². The Labute approximate surface area is 186 Å². The molecule has 3 aromatic rings. The first-order chi connectivity index (χ1) is 15.0. The van der Waals surface area contributed by atoms with Gasteiger partial charge in [-0.3, -0.25) is 0 Å². The summed E-state index contributed by atoms with van der Waals surface area (Å²) < 4.78 is 34.4. The lowest BCUT2D eigenvalue weighted by molar-refractivity contribution is 0.0730. The van der Waals surface area contributed by atoms with E-state index in [4.69, 9.17) is 17.0 Å². The van der Waals surface area contributed by atoms with Crippen LogP contribution in [0.3, 0.4) is 0 Å². The third-order valence-corrected chi connectivity index (χ3v) is 6.93. The maximum atomic E-state index is 13.1. The van der Waals surface area contributed by atoms with Gasteiger partial charge in [0.1, 0.15) is 12.7 Å². The molecule has 31 heavy (non-hydrogen) atoms. The van der Waals surface area contributed by atoms with E-state index in [-0.39, 0.29) is 4.90 Å². The number of sulfonamides is 1. The molecule has 1 fully saturated rings. The summed E-state index contributed by atoms with van der Waals surface area (Å²) in [6.45, 7) is 1.96. The number of anilines is 1. The molecule has 0 bridgehead atoms. The molecule has 11 heteroatoms. The van der Waals surface area contributed by atoms with Crippen molar-refractivity contribution in [1.29, 1.82) is 0 Å². The topological polar surface area (TPSA) is 101 Å². The smallest absolute Gasteiger partial charge is 0.243 e. The number of rotatable bonds is 6. The first kappa shape index (κ1) is 21.4. The Morgan fingerprint density at radius 3 is 2.61 bits per heavy atom. The van der Waals surface area contributed by atoms with E-state index in [9.17, 15) is 8.42 Å². The molecule has 9 nitrogen and oxygen atoms in total. The van der Waals surface area contributed by atoms with Crippen molar-refractivity contribution in [3.8, 4) is 5.69 Å². The van der Waals surface area contributed by atoms with Gasteiger partial charge in [0.2, 0.25) is 10.0 Å². The third-order valence-electron chi connectivity index (χ3n) is 4.79. The number of thiocarbonyl (C=S) groups is 1. The predicted octanol–water partition coefficient (Wildman–Crippen LogP) is 1.77. The average molecular weight is 459 g/mol. The summed E-state index contributed by atoms with van der Waals surface area (Å²) in [5.74, 6) is 0. The lowest BCUT2D eigenvalue weighted by Crippen LogP contribution is -2.40. The number of benzene rings is 2. The summed E-state index contributed by atoms with van der Waals surface area (Å²) >= 11 is 5.44. The number of nitrogens with one attached hydrogen (secondary N) is 2. The summed E-state index contributed by atoms with van der Waals surface area (Å²) in [7, 11) is -3.66. The molecular weight excluding hydrogens is 436 g/mol. The van der Waals surface area contributed by atoms with Gasteiger partial charge in [-0.2, -0.15) is 9.40 Å². The molecule has 1 aliphatic heterocycles. The molecule has 1 saturated heterocycles. The highest BCUT2D eigenvalue weighted by molar-refractivity contribution is 7.89. The van der Waals surface area contributed by atoms with Gasteiger partial charge in [-0.25, -0.2) is 18.1 Å². The van der Waals surface area contributed by atoms with Gasteiger partial charge < -0.3 is 15.4 Å². The van der Waals surface area contributed by atoms with Gasteiger partial charge in [-0.15, -0.1) is 0 Å². The predicted molar refractivity (Wildman–Crippen MR) is 120 cm³/mol. The van der Waals surface area contributed by atoms with Crippen molar-refractivity contribution in [2.45, 2.75) is 11.4 Å².